The minimum Gasteiger partial charge on any atom is -0.481 e. The lowest BCUT2D eigenvalue weighted by atomic mass is 10.0. The molecule has 18 heavy (non-hydrogen) atoms. The summed E-state index contributed by atoms with van der Waals surface area (Å²) in [6, 6.07) is 11.0. The van der Waals surface area contributed by atoms with E-state index in [2.05, 4.69) is 9.97 Å². The van der Waals surface area contributed by atoms with E-state index in [1.165, 1.54) is 18.1 Å². The molecule has 2 rings (SSSR count). The Morgan fingerprint density at radius 1 is 1.28 bits per heavy atom. The third-order valence-electron chi connectivity index (χ3n) is 2.45. The molecule has 1 aromatic carbocycles. The largest absolute Gasteiger partial charge is 0.481 e. The number of nitrogens with zero attached hydrogens (tertiary/aromatic N) is 2. The molecule has 5 heteroatoms. The van der Waals surface area contributed by atoms with Gasteiger partial charge in [0.15, 0.2) is 0 Å². The van der Waals surface area contributed by atoms with Crippen LogP contribution in [0.3, 0.4) is 0 Å². The van der Waals surface area contributed by atoms with Gasteiger partial charge in [0.1, 0.15) is 6.33 Å². The summed E-state index contributed by atoms with van der Waals surface area (Å²) in [4.78, 5) is 19.2. The molecule has 1 heterocycles. The van der Waals surface area contributed by atoms with Gasteiger partial charge in [0.05, 0.1) is 10.9 Å². The average molecular weight is 260 g/mol. The molecule has 0 aliphatic heterocycles. The predicted molar refractivity (Wildman–Crippen MR) is 69.6 cm³/mol. The van der Waals surface area contributed by atoms with Gasteiger partial charge < -0.3 is 5.11 Å². The van der Waals surface area contributed by atoms with Gasteiger partial charge in [0.25, 0.3) is 0 Å². The van der Waals surface area contributed by atoms with Crippen LogP contribution in [0.4, 0.5) is 0 Å². The van der Waals surface area contributed by atoms with Crippen LogP contribution < -0.4 is 0 Å². The highest BCUT2D eigenvalue weighted by molar-refractivity contribution is 7.99. The van der Waals surface area contributed by atoms with Gasteiger partial charge in [-0.05, 0) is 11.6 Å². The summed E-state index contributed by atoms with van der Waals surface area (Å²) in [5.41, 5.74) is 0.812. The topological polar surface area (TPSA) is 63.1 Å². The number of benzene rings is 1. The second-order valence-corrected chi connectivity index (χ2v) is 4.70. The Bertz CT molecular complexity index is 505. The zero-order valence-electron chi connectivity index (χ0n) is 9.56. The van der Waals surface area contributed by atoms with Crippen LogP contribution in [0.1, 0.15) is 11.5 Å². The summed E-state index contributed by atoms with van der Waals surface area (Å²) in [5, 5.41) is 10.0. The fraction of sp³-hybridized carbons (Fsp3) is 0.154. The summed E-state index contributed by atoms with van der Waals surface area (Å²) in [7, 11) is 0. The molecule has 92 valence electrons. The number of carbonyl (C=O) groups is 1. The predicted octanol–water partition coefficient (Wildman–Crippen LogP) is 2.44. The zero-order valence-corrected chi connectivity index (χ0v) is 10.4. The molecule has 0 aliphatic rings. The van der Waals surface area contributed by atoms with Crippen LogP contribution in [0.5, 0.6) is 0 Å². The number of carboxylic acids is 1. The Kier molecular flexibility index (Phi) is 4.30. The highest BCUT2D eigenvalue weighted by Crippen LogP contribution is 2.24. The van der Waals surface area contributed by atoms with Crippen LogP contribution in [0.15, 0.2) is 53.9 Å². The number of hydrogen-bond donors (Lipinski definition) is 1. The molecule has 1 unspecified atom stereocenters. The molecule has 0 aliphatic carbocycles. The fourth-order valence-electron chi connectivity index (χ4n) is 1.53. The third kappa shape index (κ3) is 3.30. The molecule has 1 atom stereocenters. The van der Waals surface area contributed by atoms with Crippen LogP contribution in [0.2, 0.25) is 0 Å². The summed E-state index contributed by atoms with van der Waals surface area (Å²) in [5.74, 6) is -0.884. The summed E-state index contributed by atoms with van der Waals surface area (Å²) in [6.07, 6.45) is 3.11. The van der Waals surface area contributed by atoms with Gasteiger partial charge in [-0.15, -0.1) is 11.8 Å². The average Bonchev–Trinajstić information content (AvgIpc) is 2.41. The quantitative estimate of drug-likeness (QED) is 0.661. The summed E-state index contributed by atoms with van der Waals surface area (Å²) in [6.45, 7) is 0. The van der Waals surface area contributed by atoms with Gasteiger partial charge in [0.2, 0.25) is 0 Å². The van der Waals surface area contributed by atoms with Crippen molar-refractivity contribution < 1.29 is 9.90 Å². The molecule has 0 saturated carbocycles. The molecular formula is C13H12N2O2S. The van der Waals surface area contributed by atoms with Gasteiger partial charge in [-0.2, -0.15) is 0 Å². The highest BCUT2D eigenvalue weighted by atomic mass is 32.2. The van der Waals surface area contributed by atoms with E-state index >= 15 is 0 Å². The molecule has 0 saturated heterocycles. The van der Waals surface area contributed by atoms with Crippen molar-refractivity contribution in [3.8, 4) is 0 Å². The molecular weight excluding hydrogens is 248 g/mol. The fourth-order valence-corrected chi connectivity index (χ4v) is 2.48. The number of rotatable bonds is 5. The van der Waals surface area contributed by atoms with Gasteiger partial charge in [-0.1, -0.05) is 30.3 Å². The number of aromatic nitrogens is 2. The van der Waals surface area contributed by atoms with Crippen molar-refractivity contribution in [2.75, 3.05) is 5.75 Å². The van der Waals surface area contributed by atoms with Crippen molar-refractivity contribution in [3.63, 3.8) is 0 Å². The van der Waals surface area contributed by atoms with Crippen LogP contribution in [0, 0.1) is 0 Å². The Morgan fingerprint density at radius 3 is 2.67 bits per heavy atom. The van der Waals surface area contributed by atoms with E-state index in [4.69, 9.17) is 0 Å². The van der Waals surface area contributed by atoms with Crippen LogP contribution in [-0.4, -0.2) is 26.8 Å². The molecule has 1 N–H and O–H groups in total. The molecule has 2 aromatic rings. The number of hydrogen-bond acceptors (Lipinski definition) is 4. The lowest BCUT2D eigenvalue weighted by Gasteiger charge is -2.11. The monoisotopic (exact) mass is 260 g/mol. The van der Waals surface area contributed by atoms with E-state index in [9.17, 15) is 9.90 Å². The Morgan fingerprint density at radius 2 is 2.06 bits per heavy atom. The van der Waals surface area contributed by atoms with Crippen LogP contribution in [-0.2, 0) is 4.79 Å². The Labute approximate surface area is 109 Å². The van der Waals surface area contributed by atoms with Crippen molar-refractivity contribution in [3.05, 3.63) is 54.5 Å². The standard InChI is InChI=1S/C13H12N2O2S/c16-13(17)11(10-4-2-1-3-5-10)8-18-12-6-7-14-9-15-12/h1-7,9,11H,8H2,(H,16,17). The van der Waals surface area contributed by atoms with Crippen LogP contribution >= 0.6 is 11.8 Å². The highest BCUT2D eigenvalue weighted by Gasteiger charge is 2.19. The van der Waals surface area contributed by atoms with Gasteiger partial charge in [-0.3, -0.25) is 4.79 Å². The second-order valence-electron chi connectivity index (χ2n) is 3.66. The maximum Gasteiger partial charge on any atom is 0.311 e. The normalized spacial score (nSPS) is 12.0. The molecule has 0 radical (unpaired) electrons. The SMILES string of the molecule is O=C(O)C(CSc1ccncn1)c1ccccc1. The molecule has 1 aromatic heterocycles. The van der Waals surface area contributed by atoms with Crippen molar-refractivity contribution in [2.24, 2.45) is 0 Å². The molecule has 0 spiro atoms. The van der Waals surface area contributed by atoms with Crippen molar-refractivity contribution in [1.29, 1.82) is 0 Å². The Hall–Kier alpha value is -1.88. The number of thioether (sulfide) groups is 1. The minimum absolute atomic E-state index is 0.455. The van der Waals surface area contributed by atoms with E-state index in [1.807, 2.05) is 30.3 Å². The van der Waals surface area contributed by atoms with E-state index in [1.54, 1.807) is 12.3 Å². The number of aliphatic carboxylic acids is 1. The van der Waals surface area contributed by atoms with E-state index in [-0.39, 0.29) is 0 Å². The van der Waals surface area contributed by atoms with Crippen LogP contribution in [0.25, 0.3) is 0 Å². The summed E-state index contributed by atoms with van der Waals surface area (Å²) < 4.78 is 0. The van der Waals surface area contributed by atoms with E-state index < -0.39 is 11.9 Å². The van der Waals surface area contributed by atoms with Gasteiger partial charge in [-0.25, -0.2) is 9.97 Å². The first-order valence-corrected chi connectivity index (χ1v) is 6.42. The molecule has 4 nitrogen and oxygen atoms in total. The van der Waals surface area contributed by atoms with Crippen molar-refractivity contribution >= 4 is 17.7 Å². The van der Waals surface area contributed by atoms with E-state index in [0.29, 0.717) is 5.75 Å². The first kappa shape index (κ1) is 12.6. The smallest absolute Gasteiger partial charge is 0.311 e. The third-order valence-corrected chi connectivity index (χ3v) is 3.49. The van der Waals surface area contributed by atoms with Gasteiger partial charge in [0, 0.05) is 11.9 Å². The Balaban J connectivity index is 2.06. The minimum atomic E-state index is -0.817. The maximum absolute atomic E-state index is 11.3. The first-order valence-electron chi connectivity index (χ1n) is 5.44. The maximum atomic E-state index is 11.3. The molecule has 0 amide bonds. The number of carboxylic acid groups (broad SMARTS) is 1. The lowest BCUT2D eigenvalue weighted by Crippen LogP contribution is -2.14. The zero-order chi connectivity index (χ0) is 12.8. The van der Waals surface area contributed by atoms with Crippen molar-refractivity contribution in [1.82, 2.24) is 9.97 Å². The summed E-state index contributed by atoms with van der Waals surface area (Å²) >= 11 is 1.42. The molecule has 0 bridgehead atoms. The van der Waals surface area contributed by atoms with Crippen molar-refractivity contribution in [2.45, 2.75) is 10.9 Å². The molecule has 0 fully saturated rings. The van der Waals surface area contributed by atoms with Gasteiger partial charge >= 0.3 is 5.97 Å². The lowest BCUT2D eigenvalue weighted by molar-refractivity contribution is -0.138. The van der Waals surface area contributed by atoms with E-state index in [0.717, 1.165) is 10.6 Å². The first-order chi connectivity index (χ1) is 8.77. The second kappa shape index (κ2) is 6.16.